The van der Waals surface area contributed by atoms with E-state index in [1.807, 2.05) is 6.07 Å². The zero-order chi connectivity index (χ0) is 11.1. The van der Waals surface area contributed by atoms with E-state index < -0.39 is 5.91 Å². The molecule has 0 aliphatic rings. The maximum atomic E-state index is 10.7. The van der Waals surface area contributed by atoms with Crippen molar-refractivity contribution in [3.63, 3.8) is 0 Å². The van der Waals surface area contributed by atoms with Crippen molar-refractivity contribution in [3.05, 3.63) is 23.8 Å². The lowest BCUT2D eigenvalue weighted by Gasteiger charge is -2.03. The summed E-state index contributed by atoms with van der Waals surface area (Å²) in [5, 5.41) is 3.23. The zero-order valence-corrected chi connectivity index (χ0v) is 8.86. The molecule has 0 bridgehead atoms. The first-order valence-electron chi connectivity index (χ1n) is 5.02. The van der Waals surface area contributed by atoms with Crippen LogP contribution < -0.4 is 11.1 Å². The SMILES string of the molecule is CCCNCc1ccnc(CC(N)=O)n1. The van der Waals surface area contributed by atoms with Crippen LogP contribution in [0.2, 0.25) is 0 Å². The van der Waals surface area contributed by atoms with Crippen LogP contribution in [0.3, 0.4) is 0 Å². The number of nitrogens with one attached hydrogen (secondary N) is 1. The molecule has 82 valence electrons. The van der Waals surface area contributed by atoms with E-state index in [0.717, 1.165) is 18.7 Å². The van der Waals surface area contributed by atoms with Gasteiger partial charge in [0.15, 0.2) is 0 Å². The van der Waals surface area contributed by atoms with E-state index in [4.69, 9.17) is 5.73 Å². The Balaban J connectivity index is 2.53. The molecular weight excluding hydrogens is 192 g/mol. The number of carbonyl (C=O) groups is 1. The molecule has 0 spiro atoms. The van der Waals surface area contributed by atoms with Gasteiger partial charge in [0.1, 0.15) is 5.82 Å². The molecule has 1 aromatic heterocycles. The first kappa shape index (κ1) is 11.6. The topological polar surface area (TPSA) is 80.9 Å². The first-order valence-corrected chi connectivity index (χ1v) is 5.02. The Morgan fingerprint density at radius 2 is 2.40 bits per heavy atom. The van der Waals surface area contributed by atoms with Gasteiger partial charge in [0.05, 0.1) is 12.1 Å². The van der Waals surface area contributed by atoms with Crippen LogP contribution in [0, 0.1) is 0 Å². The van der Waals surface area contributed by atoms with Gasteiger partial charge in [-0.3, -0.25) is 4.79 Å². The van der Waals surface area contributed by atoms with Crippen molar-refractivity contribution >= 4 is 5.91 Å². The van der Waals surface area contributed by atoms with Gasteiger partial charge in [0.2, 0.25) is 5.91 Å². The van der Waals surface area contributed by atoms with Gasteiger partial charge >= 0.3 is 0 Å². The molecule has 0 unspecified atom stereocenters. The predicted octanol–water partition coefficient (Wildman–Crippen LogP) is 0.00400. The van der Waals surface area contributed by atoms with E-state index in [9.17, 15) is 4.79 Å². The number of rotatable bonds is 6. The molecule has 3 N–H and O–H groups in total. The summed E-state index contributed by atoms with van der Waals surface area (Å²) < 4.78 is 0. The van der Waals surface area contributed by atoms with Gasteiger partial charge in [-0.15, -0.1) is 0 Å². The van der Waals surface area contributed by atoms with Crippen LogP contribution in [-0.4, -0.2) is 22.4 Å². The fourth-order valence-electron chi connectivity index (χ4n) is 1.17. The highest BCUT2D eigenvalue weighted by Crippen LogP contribution is 1.96. The summed E-state index contributed by atoms with van der Waals surface area (Å²) in [6.07, 6.45) is 2.83. The number of hydrogen-bond donors (Lipinski definition) is 2. The number of aromatic nitrogens is 2. The quantitative estimate of drug-likeness (QED) is 0.645. The summed E-state index contributed by atoms with van der Waals surface area (Å²) >= 11 is 0. The summed E-state index contributed by atoms with van der Waals surface area (Å²) in [5.41, 5.74) is 5.95. The minimum absolute atomic E-state index is 0.0988. The fourth-order valence-corrected chi connectivity index (χ4v) is 1.17. The van der Waals surface area contributed by atoms with Crippen LogP contribution in [0.4, 0.5) is 0 Å². The third kappa shape index (κ3) is 4.51. The molecule has 0 radical (unpaired) electrons. The van der Waals surface area contributed by atoms with Crippen molar-refractivity contribution in [2.45, 2.75) is 26.3 Å². The van der Waals surface area contributed by atoms with Crippen molar-refractivity contribution in [1.29, 1.82) is 0 Å². The van der Waals surface area contributed by atoms with Crippen LogP contribution in [0.1, 0.15) is 24.9 Å². The van der Waals surface area contributed by atoms with Gasteiger partial charge in [-0.2, -0.15) is 0 Å². The third-order valence-corrected chi connectivity index (χ3v) is 1.83. The molecule has 5 heteroatoms. The van der Waals surface area contributed by atoms with Crippen LogP contribution in [-0.2, 0) is 17.8 Å². The fraction of sp³-hybridized carbons (Fsp3) is 0.500. The van der Waals surface area contributed by atoms with Crippen LogP contribution >= 0.6 is 0 Å². The number of primary amides is 1. The second-order valence-electron chi connectivity index (χ2n) is 3.28. The zero-order valence-electron chi connectivity index (χ0n) is 8.86. The molecular formula is C10H16N4O. The van der Waals surface area contributed by atoms with E-state index in [2.05, 4.69) is 22.2 Å². The molecule has 0 atom stereocenters. The molecule has 1 amide bonds. The van der Waals surface area contributed by atoms with E-state index in [-0.39, 0.29) is 6.42 Å². The molecule has 0 saturated carbocycles. The van der Waals surface area contributed by atoms with Crippen LogP contribution in [0.15, 0.2) is 12.3 Å². The van der Waals surface area contributed by atoms with Crippen LogP contribution in [0.5, 0.6) is 0 Å². The van der Waals surface area contributed by atoms with Crippen molar-refractivity contribution < 1.29 is 4.79 Å². The number of nitrogens with zero attached hydrogens (tertiary/aromatic N) is 2. The van der Waals surface area contributed by atoms with Gasteiger partial charge in [-0.1, -0.05) is 6.92 Å². The number of hydrogen-bond acceptors (Lipinski definition) is 4. The third-order valence-electron chi connectivity index (χ3n) is 1.83. The minimum Gasteiger partial charge on any atom is -0.369 e. The van der Waals surface area contributed by atoms with E-state index >= 15 is 0 Å². The molecule has 0 aromatic carbocycles. The normalized spacial score (nSPS) is 10.2. The van der Waals surface area contributed by atoms with Crippen molar-refractivity contribution in [2.24, 2.45) is 5.73 Å². The number of nitrogens with two attached hydrogens (primary N) is 1. The number of amides is 1. The molecule has 5 nitrogen and oxygen atoms in total. The van der Waals surface area contributed by atoms with Crippen molar-refractivity contribution in [2.75, 3.05) is 6.54 Å². The lowest BCUT2D eigenvalue weighted by molar-refractivity contribution is -0.117. The summed E-state index contributed by atoms with van der Waals surface area (Å²) in [4.78, 5) is 18.8. The summed E-state index contributed by atoms with van der Waals surface area (Å²) in [7, 11) is 0. The number of carbonyl (C=O) groups excluding carboxylic acids is 1. The van der Waals surface area contributed by atoms with Gasteiger partial charge in [0, 0.05) is 12.7 Å². The Hall–Kier alpha value is -1.49. The Bertz CT molecular complexity index is 327. The molecule has 1 heterocycles. The van der Waals surface area contributed by atoms with Gasteiger partial charge in [-0.05, 0) is 19.0 Å². The van der Waals surface area contributed by atoms with E-state index in [1.165, 1.54) is 0 Å². The Kier molecular flexibility index (Phi) is 4.70. The highest BCUT2D eigenvalue weighted by molar-refractivity contribution is 5.75. The van der Waals surface area contributed by atoms with Gasteiger partial charge in [-0.25, -0.2) is 9.97 Å². The molecule has 0 saturated heterocycles. The standard InChI is InChI=1S/C10H16N4O/c1-2-4-12-7-8-3-5-13-10(14-8)6-9(11)15/h3,5,12H,2,4,6-7H2,1H3,(H2,11,15). The Labute approximate surface area is 89.1 Å². The highest BCUT2D eigenvalue weighted by Gasteiger charge is 2.02. The molecule has 15 heavy (non-hydrogen) atoms. The largest absolute Gasteiger partial charge is 0.369 e. The summed E-state index contributed by atoms with van der Waals surface area (Å²) in [6, 6.07) is 1.83. The summed E-state index contributed by atoms with van der Waals surface area (Å²) in [6.45, 7) is 3.75. The van der Waals surface area contributed by atoms with Crippen molar-refractivity contribution in [1.82, 2.24) is 15.3 Å². The maximum absolute atomic E-state index is 10.7. The van der Waals surface area contributed by atoms with Crippen LogP contribution in [0.25, 0.3) is 0 Å². The van der Waals surface area contributed by atoms with Gasteiger partial charge < -0.3 is 11.1 Å². The predicted molar refractivity (Wildman–Crippen MR) is 56.9 cm³/mol. The summed E-state index contributed by atoms with van der Waals surface area (Å²) in [5.74, 6) is 0.0759. The Morgan fingerprint density at radius 3 is 3.07 bits per heavy atom. The molecule has 0 aliphatic heterocycles. The minimum atomic E-state index is -0.409. The van der Waals surface area contributed by atoms with Gasteiger partial charge in [0.25, 0.3) is 0 Å². The monoisotopic (exact) mass is 208 g/mol. The van der Waals surface area contributed by atoms with Crippen molar-refractivity contribution in [3.8, 4) is 0 Å². The lowest BCUT2D eigenvalue weighted by atomic mass is 10.3. The van der Waals surface area contributed by atoms with E-state index in [0.29, 0.717) is 12.4 Å². The average Bonchev–Trinajstić information content (AvgIpc) is 2.18. The second kappa shape index (κ2) is 6.08. The Morgan fingerprint density at radius 1 is 1.60 bits per heavy atom. The first-order chi connectivity index (χ1) is 7.22. The molecule has 1 rings (SSSR count). The molecule has 1 aromatic rings. The second-order valence-corrected chi connectivity index (χ2v) is 3.28. The highest BCUT2D eigenvalue weighted by atomic mass is 16.1. The smallest absolute Gasteiger partial charge is 0.225 e. The lowest BCUT2D eigenvalue weighted by Crippen LogP contribution is -2.18. The average molecular weight is 208 g/mol. The molecule has 0 fully saturated rings. The van der Waals surface area contributed by atoms with E-state index in [1.54, 1.807) is 6.20 Å². The maximum Gasteiger partial charge on any atom is 0.225 e. The molecule has 0 aliphatic carbocycles.